The molecule has 0 aliphatic carbocycles. The fourth-order valence-electron chi connectivity index (χ4n) is 1.69. The Morgan fingerprint density at radius 2 is 1.81 bits per heavy atom. The zero-order valence-electron chi connectivity index (χ0n) is 12.0. The van der Waals surface area contributed by atoms with Crippen LogP contribution in [0.4, 0.5) is 0 Å². The van der Waals surface area contributed by atoms with Gasteiger partial charge in [-0.3, -0.25) is 5.10 Å². The van der Waals surface area contributed by atoms with E-state index < -0.39 is 17.5 Å². The standard InChI is InChI=1S/C15H16N2O4/c1-15(2,3)21-14(20)10-6-4-9(5-7-10)11-8-12(13(18)19)17-16-11/h4-8H,1-3H3,(H,16,17)(H,18,19). The van der Waals surface area contributed by atoms with Gasteiger partial charge in [-0.05, 0) is 39.0 Å². The van der Waals surface area contributed by atoms with Gasteiger partial charge in [0.1, 0.15) is 11.3 Å². The Morgan fingerprint density at radius 1 is 1.19 bits per heavy atom. The number of nitrogens with one attached hydrogen (secondary N) is 1. The van der Waals surface area contributed by atoms with E-state index >= 15 is 0 Å². The zero-order chi connectivity index (χ0) is 15.6. The lowest BCUT2D eigenvalue weighted by Gasteiger charge is -2.19. The van der Waals surface area contributed by atoms with Crippen molar-refractivity contribution in [1.29, 1.82) is 0 Å². The first-order valence-corrected chi connectivity index (χ1v) is 6.39. The van der Waals surface area contributed by atoms with E-state index in [4.69, 9.17) is 9.84 Å². The molecule has 2 aromatic rings. The average molecular weight is 288 g/mol. The second-order valence-corrected chi connectivity index (χ2v) is 5.55. The lowest BCUT2D eigenvalue weighted by Crippen LogP contribution is -2.23. The third-order valence-corrected chi connectivity index (χ3v) is 2.62. The topological polar surface area (TPSA) is 92.3 Å². The van der Waals surface area contributed by atoms with Gasteiger partial charge in [-0.2, -0.15) is 5.10 Å². The number of hydrogen-bond acceptors (Lipinski definition) is 4. The molecule has 1 aromatic heterocycles. The molecular formula is C15H16N2O4. The van der Waals surface area contributed by atoms with Crippen molar-refractivity contribution in [2.24, 2.45) is 0 Å². The van der Waals surface area contributed by atoms with Gasteiger partial charge in [-0.25, -0.2) is 9.59 Å². The average Bonchev–Trinajstić information content (AvgIpc) is 2.86. The third-order valence-electron chi connectivity index (χ3n) is 2.62. The zero-order valence-corrected chi connectivity index (χ0v) is 12.0. The number of ether oxygens (including phenoxy) is 1. The van der Waals surface area contributed by atoms with Crippen LogP contribution in [-0.2, 0) is 4.74 Å². The fraction of sp³-hybridized carbons (Fsp3) is 0.267. The monoisotopic (exact) mass is 288 g/mol. The molecule has 0 amide bonds. The molecule has 0 radical (unpaired) electrons. The molecule has 0 saturated carbocycles. The summed E-state index contributed by atoms with van der Waals surface area (Å²) in [5, 5.41) is 15.2. The van der Waals surface area contributed by atoms with Gasteiger partial charge in [-0.15, -0.1) is 0 Å². The predicted octanol–water partition coefficient (Wildman–Crippen LogP) is 2.73. The summed E-state index contributed by atoms with van der Waals surface area (Å²) in [4.78, 5) is 22.7. The van der Waals surface area contributed by atoms with Crippen molar-refractivity contribution in [3.8, 4) is 11.3 Å². The van der Waals surface area contributed by atoms with E-state index in [0.29, 0.717) is 16.8 Å². The summed E-state index contributed by atoms with van der Waals surface area (Å²) >= 11 is 0. The molecule has 1 heterocycles. The Balaban J connectivity index is 2.18. The van der Waals surface area contributed by atoms with Crippen LogP contribution in [0.5, 0.6) is 0 Å². The molecule has 2 rings (SSSR count). The number of rotatable bonds is 3. The number of carbonyl (C=O) groups is 2. The lowest BCUT2D eigenvalue weighted by atomic mass is 10.1. The second kappa shape index (κ2) is 5.40. The summed E-state index contributed by atoms with van der Waals surface area (Å²) in [5.74, 6) is -1.47. The predicted molar refractivity (Wildman–Crippen MR) is 76.2 cm³/mol. The van der Waals surface area contributed by atoms with E-state index in [0.717, 1.165) is 0 Å². The van der Waals surface area contributed by atoms with Crippen molar-refractivity contribution >= 4 is 11.9 Å². The molecule has 0 aliphatic rings. The molecular weight excluding hydrogens is 272 g/mol. The Labute approximate surface area is 121 Å². The maximum atomic E-state index is 11.9. The minimum absolute atomic E-state index is 0.0150. The summed E-state index contributed by atoms with van der Waals surface area (Å²) in [6.07, 6.45) is 0. The summed E-state index contributed by atoms with van der Waals surface area (Å²) in [5.41, 5.74) is 1.12. The van der Waals surface area contributed by atoms with Crippen LogP contribution in [-0.4, -0.2) is 32.8 Å². The van der Waals surface area contributed by atoms with Crippen LogP contribution in [0.15, 0.2) is 30.3 Å². The van der Waals surface area contributed by atoms with E-state index in [-0.39, 0.29) is 5.69 Å². The van der Waals surface area contributed by atoms with Gasteiger partial charge in [0.15, 0.2) is 0 Å². The summed E-state index contributed by atoms with van der Waals surface area (Å²) in [6, 6.07) is 8.07. The molecule has 21 heavy (non-hydrogen) atoms. The van der Waals surface area contributed by atoms with E-state index in [1.165, 1.54) is 6.07 Å². The number of carbonyl (C=O) groups excluding carboxylic acids is 1. The van der Waals surface area contributed by atoms with Crippen molar-refractivity contribution in [2.45, 2.75) is 26.4 Å². The van der Waals surface area contributed by atoms with Gasteiger partial charge in [0.25, 0.3) is 0 Å². The van der Waals surface area contributed by atoms with E-state index in [1.54, 1.807) is 45.0 Å². The van der Waals surface area contributed by atoms with Gasteiger partial charge in [-0.1, -0.05) is 12.1 Å². The Morgan fingerprint density at radius 3 is 2.29 bits per heavy atom. The number of aromatic nitrogens is 2. The number of H-pyrrole nitrogens is 1. The van der Waals surface area contributed by atoms with Gasteiger partial charge < -0.3 is 9.84 Å². The van der Waals surface area contributed by atoms with Gasteiger partial charge in [0, 0.05) is 5.56 Å². The molecule has 0 saturated heterocycles. The highest BCUT2D eigenvalue weighted by atomic mass is 16.6. The third kappa shape index (κ3) is 3.68. The van der Waals surface area contributed by atoms with Crippen LogP contribution < -0.4 is 0 Å². The maximum absolute atomic E-state index is 11.9. The van der Waals surface area contributed by atoms with Gasteiger partial charge >= 0.3 is 11.9 Å². The van der Waals surface area contributed by atoms with Crippen molar-refractivity contribution in [1.82, 2.24) is 10.2 Å². The quantitative estimate of drug-likeness (QED) is 0.847. The normalized spacial score (nSPS) is 11.2. The number of hydrogen-bond donors (Lipinski definition) is 2. The first-order valence-electron chi connectivity index (χ1n) is 6.39. The van der Waals surface area contributed by atoms with E-state index in [1.807, 2.05) is 0 Å². The molecule has 6 heteroatoms. The minimum Gasteiger partial charge on any atom is -0.477 e. The van der Waals surface area contributed by atoms with Gasteiger partial charge in [0.2, 0.25) is 0 Å². The van der Waals surface area contributed by atoms with Crippen LogP contribution in [0.1, 0.15) is 41.6 Å². The number of carboxylic acid groups (broad SMARTS) is 1. The highest BCUT2D eigenvalue weighted by Crippen LogP contribution is 2.19. The summed E-state index contributed by atoms with van der Waals surface area (Å²) in [6.45, 7) is 5.41. The number of aromatic amines is 1. The summed E-state index contributed by atoms with van der Waals surface area (Å²) in [7, 11) is 0. The second-order valence-electron chi connectivity index (χ2n) is 5.55. The molecule has 1 aromatic carbocycles. The Bertz CT molecular complexity index is 666. The van der Waals surface area contributed by atoms with E-state index in [9.17, 15) is 9.59 Å². The molecule has 110 valence electrons. The smallest absolute Gasteiger partial charge is 0.353 e. The molecule has 0 atom stereocenters. The number of carboxylic acids is 1. The summed E-state index contributed by atoms with van der Waals surface area (Å²) < 4.78 is 5.27. The van der Waals surface area contributed by atoms with Crippen LogP contribution in [0, 0.1) is 0 Å². The first kappa shape index (κ1) is 14.8. The van der Waals surface area contributed by atoms with Crippen LogP contribution in [0.25, 0.3) is 11.3 Å². The number of nitrogens with zero attached hydrogens (tertiary/aromatic N) is 1. The minimum atomic E-state index is -1.07. The molecule has 0 fully saturated rings. The molecule has 2 N–H and O–H groups in total. The van der Waals surface area contributed by atoms with E-state index in [2.05, 4.69) is 10.2 Å². The molecule has 0 unspecified atom stereocenters. The SMILES string of the molecule is CC(C)(C)OC(=O)c1ccc(-c2cc(C(=O)O)[nH]n2)cc1. The largest absolute Gasteiger partial charge is 0.477 e. The highest BCUT2D eigenvalue weighted by Gasteiger charge is 2.18. The molecule has 0 aliphatic heterocycles. The fourth-order valence-corrected chi connectivity index (χ4v) is 1.69. The Hall–Kier alpha value is -2.63. The first-order chi connectivity index (χ1) is 9.76. The highest BCUT2D eigenvalue weighted by molar-refractivity contribution is 5.90. The lowest BCUT2D eigenvalue weighted by molar-refractivity contribution is 0.00693. The number of benzene rings is 1. The van der Waals surface area contributed by atoms with Crippen molar-refractivity contribution < 1.29 is 19.4 Å². The number of aromatic carboxylic acids is 1. The van der Waals surface area contributed by atoms with Gasteiger partial charge in [0.05, 0.1) is 11.3 Å². The Kier molecular flexibility index (Phi) is 3.80. The van der Waals surface area contributed by atoms with Crippen LogP contribution in [0.3, 0.4) is 0 Å². The molecule has 0 bridgehead atoms. The van der Waals surface area contributed by atoms with Crippen molar-refractivity contribution in [3.63, 3.8) is 0 Å². The van der Waals surface area contributed by atoms with Crippen molar-refractivity contribution in [3.05, 3.63) is 41.6 Å². The van der Waals surface area contributed by atoms with Crippen molar-refractivity contribution in [2.75, 3.05) is 0 Å². The maximum Gasteiger partial charge on any atom is 0.353 e. The molecule has 0 spiro atoms. The van der Waals surface area contributed by atoms with Crippen LogP contribution >= 0.6 is 0 Å². The van der Waals surface area contributed by atoms with Crippen LogP contribution in [0.2, 0.25) is 0 Å². The number of esters is 1. The molecule has 6 nitrogen and oxygen atoms in total.